The van der Waals surface area contributed by atoms with Crippen molar-refractivity contribution in [1.29, 1.82) is 0 Å². The number of aromatic nitrogens is 3. The van der Waals surface area contributed by atoms with E-state index >= 15 is 0 Å². The largest absolute Gasteiger partial charge is 0.367 e. The van der Waals surface area contributed by atoms with E-state index in [0.717, 1.165) is 27.8 Å². The summed E-state index contributed by atoms with van der Waals surface area (Å²) in [6.45, 7) is 0. The highest BCUT2D eigenvalue weighted by Gasteiger charge is 2.17. The van der Waals surface area contributed by atoms with Gasteiger partial charge in [0.2, 0.25) is 5.91 Å². The van der Waals surface area contributed by atoms with Gasteiger partial charge in [-0.2, -0.15) is 0 Å². The van der Waals surface area contributed by atoms with Crippen LogP contribution in [0.4, 0.5) is 5.82 Å². The van der Waals surface area contributed by atoms with E-state index in [0.29, 0.717) is 11.6 Å². The summed E-state index contributed by atoms with van der Waals surface area (Å²) in [4.78, 5) is 23.6. The van der Waals surface area contributed by atoms with E-state index in [9.17, 15) is 4.79 Å². The lowest BCUT2D eigenvalue weighted by Crippen LogP contribution is -2.19. The van der Waals surface area contributed by atoms with Gasteiger partial charge in [0.05, 0.1) is 5.39 Å². The number of nitrogens with two attached hydrogens (primary N) is 1. The van der Waals surface area contributed by atoms with Gasteiger partial charge < -0.3 is 16.0 Å². The van der Waals surface area contributed by atoms with Crippen LogP contribution in [0, 0.1) is 0 Å². The zero-order valence-corrected chi connectivity index (χ0v) is 13.5. The molecule has 0 radical (unpaired) electrons. The zero-order valence-electron chi connectivity index (χ0n) is 13.5. The summed E-state index contributed by atoms with van der Waals surface area (Å²) in [5.74, 6) is 0.404. The molecule has 1 amide bonds. The van der Waals surface area contributed by atoms with Gasteiger partial charge >= 0.3 is 0 Å². The number of nitrogens with one attached hydrogen (secondary N) is 2. The van der Waals surface area contributed by atoms with Gasteiger partial charge in [-0.3, -0.25) is 4.79 Å². The first-order chi connectivity index (χ1) is 11.7. The molecule has 2 heterocycles. The molecule has 4 rings (SSSR count). The molecule has 0 unspecified atom stereocenters. The van der Waals surface area contributed by atoms with Gasteiger partial charge in [0.15, 0.2) is 0 Å². The average Bonchev–Trinajstić information content (AvgIpc) is 2.76. The Morgan fingerprint density at radius 3 is 2.71 bits per heavy atom. The maximum Gasteiger partial charge on any atom is 0.248 e. The van der Waals surface area contributed by atoms with Crippen LogP contribution < -0.4 is 11.1 Å². The van der Waals surface area contributed by atoms with E-state index in [-0.39, 0.29) is 0 Å². The van der Waals surface area contributed by atoms with Crippen LogP contribution in [0.15, 0.2) is 24.5 Å². The Labute approximate surface area is 139 Å². The number of hydrogen-bond donors (Lipinski definition) is 3. The van der Waals surface area contributed by atoms with Crippen LogP contribution in [-0.4, -0.2) is 26.9 Å². The summed E-state index contributed by atoms with van der Waals surface area (Å²) >= 11 is 0. The number of benzene rings is 1. The number of nitrogens with zero attached hydrogens (tertiary/aromatic N) is 2. The van der Waals surface area contributed by atoms with Crippen LogP contribution in [0.3, 0.4) is 0 Å². The van der Waals surface area contributed by atoms with E-state index in [1.807, 2.05) is 12.1 Å². The van der Waals surface area contributed by atoms with Crippen molar-refractivity contribution in [3.8, 4) is 0 Å². The molecule has 0 saturated heterocycles. The van der Waals surface area contributed by atoms with Crippen molar-refractivity contribution < 1.29 is 4.79 Å². The molecule has 6 nitrogen and oxygen atoms in total. The highest BCUT2D eigenvalue weighted by molar-refractivity contribution is 6.13. The fourth-order valence-corrected chi connectivity index (χ4v) is 3.60. The number of aromatic amines is 1. The molecule has 0 atom stereocenters. The maximum absolute atomic E-state index is 11.5. The van der Waals surface area contributed by atoms with Crippen molar-refractivity contribution in [2.24, 2.45) is 5.73 Å². The minimum absolute atomic E-state index is 0.429. The molecule has 0 bridgehead atoms. The number of primary amides is 1. The van der Waals surface area contributed by atoms with Crippen LogP contribution >= 0.6 is 0 Å². The van der Waals surface area contributed by atoms with Crippen molar-refractivity contribution in [2.45, 2.75) is 44.6 Å². The molecule has 1 aromatic carbocycles. The fourth-order valence-electron chi connectivity index (χ4n) is 3.60. The second kappa shape index (κ2) is 6.11. The molecular formula is C18H21N5O. The van der Waals surface area contributed by atoms with Crippen molar-refractivity contribution in [1.82, 2.24) is 15.0 Å². The first kappa shape index (κ1) is 14.9. The summed E-state index contributed by atoms with van der Waals surface area (Å²) in [6, 6.07) is 5.85. The summed E-state index contributed by atoms with van der Waals surface area (Å²) in [7, 11) is 0. The highest BCUT2D eigenvalue weighted by atomic mass is 16.1. The van der Waals surface area contributed by atoms with Crippen molar-refractivity contribution >= 4 is 33.7 Å². The first-order valence-corrected chi connectivity index (χ1v) is 8.55. The van der Waals surface area contributed by atoms with Gasteiger partial charge in [0.25, 0.3) is 0 Å². The van der Waals surface area contributed by atoms with Crippen molar-refractivity contribution in [3.63, 3.8) is 0 Å². The van der Waals surface area contributed by atoms with Gasteiger partial charge in [0, 0.05) is 22.5 Å². The molecule has 1 aliphatic rings. The molecular weight excluding hydrogens is 302 g/mol. The molecule has 24 heavy (non-hydrogen) atoms. The zero-order chi connectivity index (χ0) is 16.5. The number of carbonyl (C=O) groups excluding carboxylic acids is 1. The Morgan fingerprint density at radius 1 is 1.17 bits per heavy atom. The van der Waals surface area contributed by atoms with E-state index in [1.54, 1.807) is 12.4 Å². The fraction of sp³-hybridized carbons (Fsp3) is 0.389. The standard InChI is InChI=1S/C18H21N5O/c19-16(24)11-7-8-14-13(9-11)15-17(20-10-21-18(15)23-14)22-12-5-3-1-2-4-6-12/h7-10,12H,1-6H2,(H2,19,24)(H2,20,21,22,23). The van der Waals surface area contributed by atoms with E-state index in [2.05, 4.69) is 20.3 Å². The Hall–Kier alpha value is -2.63. The van der Waals surface area contributed by atoms with Gasteiger partial charge in [-0.15, -0.1) is 0 Å². The Morgan fingerprint density at radius 2 is 1.96 bits per heavy atom. The number of anilines is 1. The summed E-state index contributed by atoms with van der Waals surface area (Å²) < 4.78 is 0. The molecule has 1 fully saturated rings. The van der Waals surface area contributed by atoms with Crippen molar-refractivity contribution in [3.05, 3.63) is 30.1 Å². The third kappa shape index (κ3) is 2.68. The van der Waals surface area contributed by atoms with E-state index in [1.165, 1.54) is 38.5 Å². The smallest absolute Gasteiger partial charge is 0.248 e. The third-order valence-electron chi connectivity index (χ3n) is 4.87. The number of amides is 1. The first-order valence-electron chi connectivity index (χ1n) is 8.55. The second-order valence-electron chi connectivity index (χ2n) is 6.53. The minimum Gasteiger partial charge on any atom is -0.367 e. The molecule has 124 valence electrons. The monoisotopic (exact) mass is 323 g/mol. The number of hydrogen-bond acceptors (Lipinski definition) is 4. The Bertz CT molecular complexity index is 893. The van der Waals surface area contributed by atoms with E-state index in [4.69, 9.17) is 5.73 Å². The lowest BCUT2D eigenvalue weighted by Gasteiger charge is -2.17. The van der Waals surface area contributed by atoms with Crippen LogP contribution in [0.1, 0.15) is 48.9 Å². The molecule has 3 aromatic rings. The Balaban J connectivity index is 1.80. The summed E-state index contributed by atoms with van der Waals surface area (Å²) in [6.07, 6.45) is 9.04. The molecule has 2 aromatic heterocycles. The van der Waals surface area contributed by atoms with Crippen molar-refractivity contribution in [2.75, 3.05) is 5.32 Å². The normalized spacial score (nSPS) is 16.3. The maximum atomic E-state index is 11.5. The molecule has 4 N–H and O–H groups in total. The van der Waals surface area contributed by atoms with Crippen LogP contribution in [0.5, 0.6) is 0 Å². The molecule has 0 spiro atoms. The van der Waals surface area contributed by atoms with E-state index < -0.39 is 5.91 Å². The predicted octanol–water partition coefficient (Wildman–Crippen LogP) is 3.34. The van der Waals surface area contributed by atoms with Gasteiger partial charge in [-0.25, -0.2) is 9.97 Å². The molecule has 0 aliphatic heterocycles. The number of carbonyl (C=O) groups is 1. The van der Waals surface area contributed by atoms with Gasteiger partial charge in [-0.1, -0.05) is 25.7 Å². The quantitative estimate of drug-likeness (QED) is 0.644. The molecule has 1 aliphatic carbocycles. The van der Waals surface area contributed by atoms with Gasteiger partial charge in [0.1, 0.15) is 17.8 Å². The topological polar surface area (TPSA) is 96.7 Å². The SMILES string of the molecule is NC(=O)c1ccc2[nH]c3ncnc(NC4CCCCCC4)c3c2c1. The molecule has 6 heteroatoms. The average molecular weight is 323 g/mol. The lowest BCUT2D eigenvalue weighted by atomic mass is 10.1. The highest BCUT2D eigenvalue weighted by Crippen LogP contribution is 2.31. The number of H-pyrrole nitrogens is 1. The lowest BCUT2D eigenvalue weighted by molar-refractivity contribution is 0.100. The predicted molar refractivity (Wildman–Crippen MR) is 95.0 cm³/mol. The number of rotatable bonds is 3. The third-order valence-corrected chi connectivity index (χ3v) is 4.87. The molecule has 1 saturated carbocycles. The van der Waals surface area contributed by atoms with Gasteiger partial charge in [-0.05, 0) is 31.0 Å². The van der Waals surface area contributed by atoms with Crippen LogP contribution in [0.25, 0.3) is 21.9 Å². The summed E-state index contributed by atoms with van der Waals surface area (Å²) in [5, 5.41) is 5.46. The van der Waals surface area contributed by atoms with Crippen LogP contribution in [-0.2, 0) is 0 Å². The summed E-state index contributed by atoms with van der Waals surface area (Å²) in [5.41, 5.74) is 7.63. The Kier molecular flexibility index (Phi) is 3.80. The second-order valence-corrected chi connectivity index (χ2v) is 6.53. The number of fused-ring (bicyclic) bond motifs is 3. The minimum atomic E-state index is -0.429. The van der Waals surface area contributed by atoms with Crippen LogP contribution in [0.2, 0.25) is 0 Å².